The maximum Gasteiger partial charge on any atom is 0.289 e. The van der Waals surface area contributed by atoms with E-state index >= 15 is 0 Å². The third kappa shape index (κ3) is 7.70. The number of hydrogen-bond acceptors (Lipinski definition) is 7. The minimum Gasteiger partial charge on any atom is -0.326 e. The molecule has 0 heterocycles. The van der Waals surface area contributed by atoms with Crippen molar-refractivity contribution in [1.29, 1.82) is 0 Å². The number of halogens is 2. The molecule has 0 fully saturated rings. The number of nitro benzene ring substituents is 2. The van der Waals surface area contributed by atoms with E-state index in [-0.39, 0.29) is 57.5 Å². The topological polar surface area (TPSA) is 144 Å². The molecule has 0 saturated carbocycles. The molecule has 2 rings (SSSR count). The van der Waals surface area contributed by atoms with Crippen molar-refractivity contribution < 1.29 is 19.4 Å². The summed E-state index contributed by atoms with van der Waals surface area (Å²) in [7, 11) is 0. The van der Waals surface area contributed by atoms with Crippen molar-refractivity contribution >= 4 is 69.5 Å². The van der Waals surface area contributed by atoms with Crippen LogP contribution in [0.1, 0.15) is 12.8 Å². The molecule has 13 heteroatoms. The third-order valence-electron chi connectivity index (χ3n) is 3.80. The fraction of sp³-hybridized carbons (Fsp3) is 0.222. The number of hydrogen-bond donors (Lipinski definition) is 2. The van der Waals surface area contributed by atoms with E-state index in [1.807, 2.05) is 0 Å². The van der Waals surface area contributed by atoms with E-state index in [0.717, 1.165) is 0 Å². The summed E-state index contributed by atoms with van der Waals surface area (Å²) in [5.74, 6) is 0.201. The van der Waals surface area contributed by atoms with Gasteiger partial charge in [-0.05, 0) is 24.3 Å². The van der Waals surface area contributed by atoms with E-state index in [0.29, 0.717) is 11.5 Å². The summed E-state index contributed by atoms with van der Waals surface area (Å²) in [6, 6.07) is 7.95. The minimum atomic E-state index is -0.638. The number of nitro groups is 2. The van der Waals surface area contributed by atoms with Gasteiger partial charge in [-0.1, -0.05) is 23.2 Å². The zero-order valence-electron chi connectivity index (χ0n) is 15.8. The molecule has 31 heavy (non-hydrogen) atoms. The highest BCUT2D eigenvalue weighted by molar-refractivity contribution is 7.99. The summed E-state index contributed by atoms with van der Waals surface area (Å²) >= 11 is 12.8. The number of carbonyl (C=O) groups is 2. The average molecular weight is 487 g/mol. The molecule has 10 nitrogen and oxygen atoms in total. The molecular formula is C18H16Cl2N4O6S. The van der Waals surface area contributed by atoms with Crippen molar-refractivity contribution in [2.75, 3.05) is 22.1 Å². The van der Waals surface area contributed by atoms with Crippen LogP contribution in [0.2, 0.25) is 10.0 Å². The number of anilines is 2. The van der Waals surface area contributed by atoms with Gasteiger partial charge in [0.25, 0.3) is 11.4 Å². The molecule has 0 bridgehead atoms. The molecule has 0 aliphatic heterocycles. The van der Waals surface area contributed by atoms with Crippen molar-refractivity contribution in [3.05, 3.63) is 66.7 Å². The largest absolute Gasteiger partial charge is 0.326 e. The number of rotatable bonds is 10. The molecule has 2 aromatic carbocycles. The van der Waals surface area contributed by atoms with Gasteiger partial charge in [-0.3, -0.25) is 29.8 Å². The van der Waals surface area contributed by atoms with Crippen LogP contribution in [0.4, 0.5) is 22.7 Å². The Morgan fingerprint density at radius 1 is 0.806 bits per heavy atom. The van der Waals surface area contributed by atoms with Crippen LogP contribution in [0.25, 0.3) is 0 Å². The van der Waals surface area contributed by atoms with Crippen LogP contribution >= 0.6 is 35.0 Å². The zero-order valence-corrected chi connectivity index (χ0v) is 18.1. The zero-order chi connectivity index (χ0) is 23.0. The van der Waals surface area contributed by atoms with Gasteiger partial charge in [0.2, 0.25) is 11.8 Å². The van der Waals surface area contributed by atoms with Crippen LogP contribution in [0.15, 0.2) is 36.4 Å². The number of benzene rings is 2. The van der Waals surface area contributed by atoms with Crippen LogP contribution in [0, 0.1) is 20.2 Å². The van der Waals surface area contributed by atoms with E-state index in [1.54, 1.807) is 0 Å². The van der Waals surface area contributed by atoms with Crippen LogP contribution < -0.4 is 10.6 Å². The minimum absolute atomic E-state index is 0.0231. The Balaban J connectivity index is 1.71. The molecule has 0 aromatic heterocycles. The summed E-state index contributed by atoms with van der Waals surface area (Å²) in [5.41, 5.74) is -0.0678. The van der Waals surface area contributed by atoms with Gasteiger partial charge in [0.05, 0.1) is 9.85 Å². The van der Waals surface area contributed by atoms with E-state index in [9.17, 15) is 29.8 Å². The Labute approximate surface area is 190 Å². The van der Waals surface area contributed by atoms with Gasteiger partial charge in [0, 0.05) is 47.9 Å². The van der Waals surface area contributed by atoms with Crippen molar-refractivity contribution in [1.82, 2.24) is 0 Å². The van der Waals surface area contributed by atoms with Gasteiger partial charge in [-0.2, -0.15) is 11.8 Å². The summed E-state index contributed by atoms with van der Waals surface area (Å²) in [4.78, 5) is 44.4. The maximum absolute atomic E-state index is 12.0. The van der Waals surface area contributed by atoms with Crippen LogP contribution in [-0.4, -0.2) is 33.2 Å². The monoisotopic (exact) mass is 486 g/mol. The highest BCUT2D eigenvalue weighted by Gasteiger charge is 2.15. The van der Waals surface area contributed by atoms with Gasteiger partial charge < -0.3 is 10.6 Å². The molecule has 0 radical (unpaired) electrons. The van der Waals surface area contributed by atoms with Crippen molar-refractivity contribution in [3.63, 3.8) is 0 Å². The standard InChI is InChI=1S/C18H16Cl2N4O6S/c19-13-3-1-11(9-15(13)23(27)28)21-17(25)5-7-31-8-6-18(26)22-12-2-4-14(20)16(10-12)24(29)30/h1-4,9-10H,5-8H2,(H,21,25)(H,22,26). The molecule has 0 saturated heterocycles. The molecular weight excluding hydrogens is 471 g/mol. The van der Waals surface area contributed by atoms with Crippen molar-refractivity contribution in [3.8, 4) is 0 Å². The predicted molar refractivity (Wildman–Crippen MR) is 120 cm³/mol. The van der Waals surface area contributed by atoms with Crippen molar-refractivity contribution in [2.45, 2.75) is 12.8 Å². The lowest BCUT2D eigenvalue weighted by Gasteiger charge is -2.07. The van der Waals surface area contributed by atoms with Crippen LogP contribution in [0.3, 0.4) is 0 Å². The van der Waals surface area contributed by atoms with Crippen molar-refractivity contribution in [2.24, 2.45) is 0 Å². The fourth-order valence-corrected chi connectivity index (χ4v) is 3.58. The van der Waals surface area contributed by atoms with Gasteiger partial charge in [-0.15, -0.1) is 0 Å². The summed E-state index contributed by atoms with van der Waals surface area (Å²) < 4.78 is 0. The number of amides is 2. The van der Waals surface area contributed by atoms with Gasteiger partial charge in [0.1, 0.15) is 10.0 Å². The normalized spacial score (nSPS) is 10.4. The smallest absolute Gasteiger partial charge is 0.289 e. The van der Waals surface area contributed by atoms with E-state index in [4.69, 9.17) is 23.2 Å². The second-order valence-electron chi connectivity index (χ2n) is 6.06. The summed E-state index contributed by atoms with van der Waals surface area (Å²) in [6.45, 7) is 0. The molecule has 0 atom stereocenters. The number of nitrogens with one attached hydrogen (secondary N) is 2. The Morgan fingerprint density at radius 2 is 1.19 bits per heavy atom. The lowest BCUT2D eigenvalue weighted by atomic mass is 10.2. The second-order valence-corrected chi connectivity index (χ2v) is 8.09. The highest BCUT2D eigenvalue weighted by Crippen LogP contribution is 2.28. The van der Waals surface area contributed by atoms with Gasteiger partial charge >= 0.3 is 0 Å². The lowest BCUT2D eigenvalue weighted by Crippen LogP contribution is -2.14. The maximum atomic E-state index is 12.0. The molecule has 2 amide bonds. The molecule has 2 N–H and O–H groups in total. The SMILES string of the molecule is O=C(CCSCCC(=O)Nc1ccc(Cl)c([N+](=O)[O-])c1)Nc1ccc(Cl)c([N+](=O)[O-])c1. The quantitative estimate of drug-likeness (QED) is 0.275. The molecule has 0 spiro atoms. The predicted octanol–water partition coefficient (Wildman–Crippen LogP) is 4.90. The first-order valence-electron chi connectivity index (χ1n) is 8.72. The van der Waals surface area contributed by atoms with Gasteiger partial charge in [-0.25, -0.2) is 0 Å². The summed E-state index contributed by atoms with van der Waals surface area (Å²) in [5, 5.41) is 26.8. The molecule has 164 valence electrons. The Hall–Kier alpha value is -2.89. The number of thioether (sulfide) groups is 1. The molecule has 2 aromatic rings. The van der Waals surface area contributed by atoms with Crippen LogP contribution in [-0.2, 0) is 9.59 Å². The number of nitrogens with zero attached hydrogens (tertiary/aromatic N) is 2. The van der Waals surface area contributed by atoms with E-state index in [2.05, 4.69) is 10.6 Å². The lowest BCUT2D eigenvalue weighted by molar-refractivity contribution is -0.384. The Morgan fingerprint density at radius 3 is 1.55 bits per heavy atom. The first kappa shape index (κ1) is 24.4. The molecule has 0 aliphatic carbocycles. The van der Waals surface area contributed by atoms with E-state index in [1.165, 1.54) is 48.2 Å². The number of carbonyl (C=O) groups excluding carboxylic acids is 2. The average Bonchev–Trinajstić information content (AvgIpc) is 2.70. The molecule has 0 aliphatic rings. The molecule has 0 unspecified atom stereocenters. The third-order valence-corrected chi connectivity index (χ3v) is 5.42. The first-order valence-corrected chi connectivity index (χ1v) is 10.6. The van der Waals surface area contributed by atoms with E-state index < -0.39 is 9.85 Å². The fourth-order valence-electron chi connectivity index (χ4n) is 2.34. The summed E-state index contributed by atoms with van der Waals surface area (Å²) in [6.07, 6.45) is 0.290. The van der Waals surface area contributed by atoms with Crippen LogP contribution in [0.5, 0.6) is 0 Å². The van der Waals surface area contributed by atoms with Gasteiger partial charge in [0.15, 0.2) is 0 Å². The highest BCUT2D eigenvalue weighted by atomic mass is 35.5. The first-order chi connectivity index (χ1) is 14.7. The Bertz CT molecular complexity index is 941. The Kier molecular flexibility index (Phi) is 9.03. The second kappa shape index (κ2) is 11.5.